The molecule has 1 nitrogen and oxygen atoms in total. The second-order valence-electron chi connectivity index (χ2n) is 4.97. The largest absolute Gasteiger partial charge is 0.316 e. The molecule has 0 radical (unpaired) electrons. The first-order chi connectivity index (χ1) is 7.65. The van der Waals surface area contributed by atoms with Crippen molar-refractivity contribution < 1.29 is 0 Å². The molecule has 1 aromatic rings. The molecule has 0 aromatic heterocycles. The highest BCUT2D eigenvalue weighted by atomic mass is 14.9. The zero-order chi connectivity index (χ0) is 12.0. The fourth-order valence-corrected chi connectivity index (χ4v) is 2.07. The van der Waals surface area contributed by atoms with Crippen LogP contribution in [0.2, 0.25) is 0 Å². The summed E-state index contributed by atoms with van der Waals surface area (Å²) >= 11 is 0. The van der Waals surface area contributed by atoms with Crippen LogP contribution in [-0.2, 0) is 0 Å². The molecule has 1 heteroatoms. The summed E-state index contributed by atoms with van der Waals surface area (Å²) in [6.45, 7) is 11.2. The van der Waals surface area contributed by atoms with Gasteiger partial charge in [0.1, 0.15) is 0 Å². The minimum atomic E-state index is 0.631. The Kier molecular flexibility index (Phi) is 5.54. The Labute approximate surface area is 100 Å². The Morgan fingerprint density at radius 2 is 2.00 bits per heavy atom. The molecule has 0 aliphatic heterocycles. The van der Waals surface area contributed by atoms with Crippen LogP contribution in [0.15, 0.2) is 24.3 Å². The van der Waals surface area contributed by atoms with Crippen molar-refractivity contribution in [2.24, 2.45) is 5.92 Å². The van der Waals surface area contributed by atoms with Crippen molar-refractivity contribution in [2.45, 2.75) is 40.0 Å². The second kappa shape index (κ2) is 6.70. The molecule has 1 atom stereocenters. The van der Waals surface area contributed by atoms with E-state index in [1.807, 2.05) is 0 Å². The van der Waals surface area contributed by atoms with E-state index in [4.69, 9.17) is 0 Å². The first-order valence-electron chi connectivity index (χ1n) is 6.42. The van der Waals surface area contributed by atoms with Crippen LogP contribution in [0.4, 0.5) is 0 Å². The van der Waals surface area contributed by atoms with Gasteiger partial charge in [-0.05, 0) is 37.3 Å². The number of nitrogens with one attached hydrogen (secondary N) is 1. The van der Waals surface area contributed by atoms with Gasteiger partial charge in [-0.25, -0.2) is 0 Å². The van der Waals surface area contributed by atoms with E-state index in [0.717, 1.165) is 13.1 Å². The van der Waals surface area contributed by atoms with Crippen molar-refractivity contribution in [3.8, 4) is 0 Å². The Hall–Kier alpha value is -0.820. The van der Waals surface area contributed by atoms with E-state index in [2.05, 4.69) is 57.3 Å². The lowest BCUT2D eigenvalue weighted by Gasteiger charge is -2.22. The number of benzene rings is 1. The van der Waals surface area contributed by atoms with Crippen molar-refractivity contribution in [3.63, 3.8) is 0 Å². The maximum absolute atomic E-state index is 3.53. The van der Waals surface area contributed by atoms with E-state index in [1.165, 1.54) is 17.5 Å². The van der Waals surface area contributed by atoms with Gasteiger partial charge in [-0.1, -0.05) is 50.6 Å². The summed E-state index contributed by atoms with van der Waals surface area (Å²) < 4.78 is 0. The fourth-order valence-electron chi connectivity index (χ4n) is 2.07. The molecule has 1 unspecified atom stereocenters. The average molecular weight is 219 g/mol. The molecule has 0 bridgehead atoms. The number of hydrogen-bond acceptors (Lipinski definition) is 1. The number of rotatable bonds is 6. The van der Waals surface area contributed by atoms with Crippen LogP contribution < -0.4 is 5.32 Å². The van der Waals surface area contributed by atoms with Crippen molar-refractivity contribution >= 4 is 0 Å². The molecule has 1 rings (SSSR count). The van der Waals surface area contributed by atoms with Gasteiger partial charge < -0.3 is 5.32 Å². The van der Waals surface area contributed by atoms with Crippen molar-refractivity contribution in [1.29, 1.82) is 0 Å². The van der Waals surface area contributed by atoms with Gasteiger partial charge >= 0.3 is 0 Å². The van der Waals surface area contributed by atoms with Crippen LogP contribution in [0, 0.1) is 12.8 Å². The van der Waals surface area contributed by atoms with Crippen LogP contribution in [0.25, 0.3) is 0 Å². The molecule has 0 fully saturated rings. The maximum Gasteiger partial charge on any atom is 0.00226 e. The molecular weight excluding hydrogens is 194 g/mol. The topological polar surface area (TPSA) is 12.0 Å². The lowest BCUT2D eigenvalue weighted by molar-refractivity contribution is 0.462. The smallest absolute Gasteiger partial charge is 0.00226 e. The first-order valence-corrected chi connectivity index (χ1v) is 6.42. The molecule has 16 heavy (non-hydrogen) atoms. The van der Waals surface area contributed by atoms with E-state index in [0.29, 0.717) is 11.8 Å². The van der Waals surface area contributed by atoms with Gasteiger partial charge in [-0.15, -0.1) is 0 Å². The SMILES string of the molecule is CCCNCC(c1cccc(C)c1)C(C)C. The highest BCUT2D eigenvalue weighted by molar-refractivity contribution is 5.26. The lowest BCUT2D eigenvalue weighted by Crippen LogP contribution is -2.25. The van der Waals surface area contributed by atoms with Gasteiger partial charge in [0.05, 0.1) is 0 Å². The molecule has 0 spiro atoms. The van der Waals surface area contributed by atoms with E-state index in [1.54, 1.807) is 0 Å². The lowest BCUT2D eigenvalue weighted by atomic mass is 9.87. The normalized spacial score (nSPS) is 13.1. The standard InChI is InChI=1S/C15H25N/c1-5-9-16-11-15(12(2)3)14-8-6-7-13(4)10-14/h6-8,10,12,15-16H,5,9,11H2,1-4H3. The summed E-state index contributed by atoms with van der Waals surface area (Å²) in [6, 6.07) is 8.91. The highest BCUT2D eigenvalue weighted by Crippen LogP contribution is 2.24. The molecule has 0 aliphatic carbocycles. The highest BCUT2D eigenvalue weighted by Gasteiger charge is 2.15. The Balaban J connectivity index is 2.69. The predicted molar refractivity (Wildman–Crippen MR) is 71.9 cm³/mol. The molecule has 0 aliphatic rings. The summed E-state index contributed by atoms with van der Waals surface area (Å²) in [7, 11) is 0. The molecule has 0 saturated heterocycles. The summed E-state index contributed by atoms with van der Waals surface area (Å²) in [4.78, 5) is 0. The van der Waals surface area contributed by atoms with Crippen molar-refractivity contribution in [3.05, 3.63) is 35.4 Å². The summed E-state index contributed by atoms with van der Waals surface area (Å²) in [5.41, 5.74) is 2.83. The number of aryl methyl sites for hydroxylation is 1. The molecule has 1 N–H and O–H groups in total. The van der Waals surface area contributed by atoms with Crippen molar-refractivity contribution in [2.75, 3.05) is 13.1 Å². The van der Waals surface area contributed by atoms with Gasteiger partial charge in [0, 0.05) is 6.54 Å². The Morgan fingerprint density at radius 1 is 1.25 bits per heavy atom. The maximum atomic E-state index is 3.53. The molecular formula is C15H25N. The zero-order valence-electron chi connectivity index (χ0n) is 11.1. The monoisotopic (exact) mass is 219 g/mol. The number of hydrogen-bond donors (Lipinski definition) is 1. The molecule has 90 valence electrons. The van der Waals surface area contributed by atoms with Gasteiger partial charge in [0.2, 0.25) is 0 Å². The van der Waals surface area contributed by atoms with Crippen LogP contribution in [0.1, 0.15) is 44.2 Å². The zero-order valence-corrected chi connectivity index (χ0v) is 11.1. The van der Waals surface area contributed by atoms with E-state index < -0.39 is 0 Å². The van der Waals surface area contributed by atoms with Gasteiger partial charge in [0.25, 0.3) is 0 Å². The summed E-state index contributed by atoms with van der Waals surface area (Å²) in [5, 5.41) is 3.53. The minimum absolute atomic E-state index is 0.631. The van der Waals surface area contributed by atoms with Crippen LogP contribution in [0.5, 0.6) is 0 Å². The van der Waals surface area contributed by atoms with E-state index >= 15 is 0 Å². The third-order valence-electron chi connectivity index (χ3n) is 3.07. The van der Waals surface area contributed by atoms with Gasteiger partial charge in [0.15, 0.2) is 0 Å². The molecule has 0 amide bonds. The summed E-state index contributed by atoms with van der Waals surface area (Å²) in [5.74, 6) is 1.32. The average Bonchev–Trinajstić information content (AvgIpc) is 2.24. The van der Waals surface area contributed by atoms with Gasteiger partial charge in [-0.3, -0.25) is 0 Å². The first kappa shape index (κ1) is 13.2. The third kappa shape index (κ3) is 3.97. The third-order valence-corrected chi connectivity index (χ3v) is 3.07. The second-order valence-corrected chi connectivity index (χ2v) is 4.97. The van der Waals surface area contributed by atoms with Gasteiger partial charge in [-0.2, -0.15) is 0 Å². The minimum Gasteiger partial charge on any atom is -0.316 e. The predicted octanol–water partition coefficient (Wildman–Crippen LogP) is 3.73. The van der Waals surface area contributed by atoms with Crippen molar-refractivity contribution in [1.82, 2.24) is 5.32 Å². The molecule has 0 heterocycles. The molecule has 0 saturated carbocycles. The fraction of sp³-hybridized carbons (Fsp3) is 0.600. The Morgan fingerprint density at radius 3 is 2.56 bits per heavy atom. The van der Waals surface area contributed by atoms with Crippen LogP contribution in [-0.4, -0.2) is 13.1 Å². The summed E-state index contributed by atoms with van der Waals surface area (Å²) in [6.07, 6.45) is 1.21. The van der Waals surface area contributed by atoms with Crippen LogP contribution in [0.3, 0.4) is 0 Å². The quantitative estimate of drug-likeness (QED) is 0.719. The van der Waals surface area contributed by atoms with E-state index in [-0.39, 0.29) is 0 Å². The van der Waals surface area contributed by atoms with E-state index in [9.17, 15) is 0 Å². The van der Waals surface area contributed by atoms with Crippen LogP contribution >= 0.6 is 0 Å². The Bertz CT molecular complexity index is 304. The molecule has 1 aromatic carbocycles.